The number of nitrogens with one attached hydrogen (secondary N) is 2. The fraction of sp³-hybridized carbons (Fsp3) is 0.867. The van der Waals surface area contributed by atoms with Crippen molar-refractivity contribution >= 4 is 11.9 Å². The van der Waals surface area contributed by atoms with E-state index in [0.29, 0.717) is 18.8 Å². The number of carboxylic acids is 1. The molecule has 1 fully saturated rings. The molecule has 1 amide bonds. The van der Waals surface area contributed by atoms with E-state index in [2.05, 4.69) is 17.6 Å². The molecule has 3 N–H and O–H groups in total. The Balaban J connectivity index is 2.55. The molecule has 1 rings (SSSR count). The predicted molar refractivity (Wildman–Crippen MR) is 78.5 cm³/mol. The molecule has 0 aromatic carbocycles. The fourth-order valence-electron chi connectivity index (χ4n) is 2.82. The van der Waals surface area contributed by atoms with Crippen LogP contribution in [-0.2, 0) is 9.59 Å². The van der Waals surface area contributed by atoms with Crippen molar-refractivity contribution in [2.45, 2.75) is 58.9 Å². The Morgan fingerprint density at radius 1 is 1.30 bits per heavy atom. The molecule has 1 heterocycles. The van der Waals surface area contributed by atoms with Crippen LogP contribution in [0.4, 0.5) is 0 Å². The molecule has 2 unspecified atom stereocenters. The van der Waals surface area contributed by atoms with Gasteiger partial charge in [-0.3, -0.25) is 9.59 Å². The zero-order valence-corrected chi connectivity index (χ0v) is 12.9. The van der Waals surface area contributed by atoms with Gasteiger partial charge in [0.1, 0.15) is 0 Å². The van der Waals surface area contributed by atoms with Crippen LogP contribution in [0.5, 0.6) is 0 Å². The van der Waals surface area contributed by atoms with E-state index in [9.17, 15) is 14.7 Å². The Bertz CT molecular complexity index is 340. The largest absolute Gasteiger partial charge is 0.481 e. The van der Waals surface area contributed by atoms with Crippen LogP contribution in [0, 0.1) is 11.3 Å². The number of aliphatic carboxylic acids is 1. The van der Waals surface area contributed by atoms with Crippen molar-refractivity contribution in [1.29, 1.82) is 0 Å². The van der Waals surface area contributed by atoms with Gasteiger partial charge in [-0.05, 0) is 38.1 Å². The maximum atomic E-state index is 12.2. The van der Waals surface area contributed by atoms with E-state index < -0.39 is 11.4 Å². The van der Waals surface area contributed by atoms with Gasteiger partial charge in [0.05, 0.1) is 11.5 Å². The summed E-state index contributed by atoms with van der Waals surface area (Å²) in [5.41, 5.74) is -0.839. The topological polar surface area (TPSA) is 78.4 Å². The van der Waals surface area contributed by atoms with Crippen molar-refractivity contribution in [1.82, 2.24) is 10.6 Å². The third-order valence-corrected chi connectivity index (χ3v) is 4.81. The molecule has 20 heavy (non-hydrogen) atoms. The highest BCUT2D eigenvalue weighted by atomic mass is 16.4. The zero-order chi connectivity index (χ0) is 15.2. The first-order chi connectivity index (χ1) is 9.49. The zero-order valence-electron chi connectivity index (χ0n) is 12.9. The lowest BCUT2D eigenvalue weighted by atomic mass is 9.82. The van der Waals surface area contributed by atoms with Gasteiger partial charge < -0.3 is 15.7 Å². The molecule has 0 saturated carbocycles. The summed E-state index contributed by atoms with van der Waals surface area (Å²) >= 11 is 0. The van der Waals surface area contributed by atoms with E-state index >= 15 is 0 Å². The lowest BCUT2D eigenvalue weighted by molar-refractivity contribution is -0.149. The summed E-state index contributed by atoms with van der Waals surface area (Å²) in [5.74, 6) is -0.296. The summed E-state index contributed by atoms with van der Waals surface area (Å²) in [7, 11) is 0. The van der Waals surface area contributed by atoms with Crippen molar-refractivity contribution in [3.8, 4) is 0 Å². The second kappa shape index (κ2) is 7.62. The van der Waals surface area contributed by atoms with E-state index in [4.69, 9.17) is 0 Å². The minimum atomic E-state index is -0.839. The summed E-state index contributed by atoms with van der Waals surface area (Å²) in [6.45, 7) is 6.94. The number of rotatable bonds is 7. The summed E-state index contributed by atoms with van der Waals surface area (Å²) in [6, 6.07) is -0.172. The van der Waals surface area contributed by atoms with Crippen molar-refractivity contribution in [2.24, 2.45) is 11.3 Å². The molecule has 2 atom stereocenters. The lowest BCUT2D eigenvalue weighted by Crippen LogP contribution is -2.51. The average molecular weight is 284 g/mol. The Labute approximate surface area is 121 Å². The van der Waals surface area contributed by atoms with Gasteiger partial charge in [0.2, 0.25) is 5.91 Å². The van der Waals surface area contributed by atoms with Crippen LogP contribution in [-0.4, -0.2) is 36.1 Å². The second-order valence-electron chi connectivity index (χ2n) is 5.82. The van der Waals surface area contributed by atoms with E-state index in [-0.39, 0.29) is 18.5 Å². The molecule has 0 spiro atoms. The van der Waals surface area contributed by atoms with Crippen LogP contribution in [0.3, 0.4) is 0 Å². The molecule has 0 aromatic heterocycles. The van der Waals surface area contributed by atoms with Gasteiger partial charge in [0, 0.05) is 6.54 Å². The summed E-state index contributed by atoms with van der Waals surface area (Å²) in [5, 5.41) is 15.4. The van der Waals surface area contributed by atoms with E-state index in [1.165, 1.54) is 0 Å². The number of hydrogen-bond donors (Lipinski definition) is 3. The van der Waals surface area contributed by atoms with E-state index in [1.807, 2.05) is 13.8 Å². The summed E-state index contributed by atoms with van der Waals surface area (Å²) < 4.78 is 0. The summed E-state index contributed by atoms with van der Waals surface area (Å²) in [6.07, 6.45) is 4.10. The average Bonchev–Trinajstić information content (AvgIpc) is 2.48. The normalized spacial score (nSPS) is 23.4. The smallest absolute Gasteiger partial charge is 0.311 e. The molecule has 0 aromatic rings. The van der Waals surface area contributed by atoms with Crippen molar-refractivity contribution in [3.63, 3.8) is 0 Å². The lowest BCUT2D eigenvalue weighted by Gasteiger charge is -2.31. The quantitative estimate of drug-likeness (QED) is 0.666. The Morgan fingerprint density at radius 2 is 1.95 bits per heavy atom. The van der Waals surface area contributed by atoms with Crippen LogP contribution in [0.25, 0.3) is 0 Å². The molecule has 5 nitrogen and oxygen atoms in total. The highest BCUT2D eigenvalue weighted by Crippen LogP contribution is 2.26. The molecule has 1 aliphatic rings. The molecule has 1 saturated heterocycles. The number of carbonyl (C=O) groups is 2. The van der Waals surface area contributed by atoms with Gasteiger partial charge in [-0.2, -0.15) is 0 Å². The number of hydrogen-bond acceptors (Lipinski definition) is 3. The highest BCUT2D eigenvalue weighted by molar-refractivity contribution is 5.83. The van der Waals surface area contributed by atoms with Crippen LogP contribution >= 0.6 is 0 Å². The maximum absolute atomic E-state index is 12.2. The fourth-order valence-corrected chi connectivity index (χ4v) is 2.82. The number of carboxylic acid groups (broad SMARTS) is 1. The maximum Gasteiger partial charge on any atom is 0.311 e. The molecule has 116 valence electrons. The van der Waals surface area contributed by atoms with Gasteiger partial charge in [-0.1, -0.05) is 27.2 Å². The molecule has 0 radical (unpaired) electrons. The van der Waals surface area contributed by atoms with Gasteiger partial charge in [-0.15, -0.1) is 0 Å². The van der Waals surface area contributed by atoms with Crippen LogP contribution < -0.4 is 10.6 Å². The third kappa shape index (κ3) is 3.95. The first-order valence-corrected chi connectivity index (χ1v) is 7.73. The van der Waals surface area contributed by atoms with Gasteiger partial charge in [-0.25, -0.2) is 0 Å². The Hall–Kier alpha value is -1.10. The van der Waals surface area contributed by atoms with Crippen molar-refractivity contribution in [2.75, 3.05) is 13.1 Å². The monoisotopic (exact) mass is 284 g/mol. The molecule has 0 aliphatic carbocycles. The van der Waals surface area contributed by atoms with Crippen LogP contribution in [0.2, 0.25) is 0 Å². The predicted octanol–water partition coefficient (Wildman–Crippen LogP) is 1.77. The minimum Gasteiger partial charge on any atom is -0.481 e. The minimum absolute atomic E-state index is 0.0596. The molecule has 5 heteroatoms. The molecule has 0 bridgehead atoms. The Morgan fingerprint density at radius 3 is 2.45 bits per heavy atom. The van der Waals surface area contributed by atoms with Gasteiger partial charge in [0.25, 0.3) is 0 Å². The first kappa shape index (κ1) is 17.0. The summed E-state index contributed by atoms with van der Waals surface area (Å²) in [4.78, 5) is 23.6. The second-order valence-corrected chi connectivity index (χ2v) is 5.82. The van der Waals surface area contributed by atoms with Gasteiger partial charge in [0.15, 0.2) is 0 Å². The molecule has 1 aliphatic heterocycles. The van der Waals surface area contributed by atoms with E-state index in [0.717, 1.165) is 25.8 Å². The van der Waals surface area contributed by atoms with Crippen LogP contribution in [0.15, 0.2) is 0 Å². The standard InChI is InChI=1S/C15H28N2O3/c1-4-11-7-8-16-12(9-11)13(18)17-10-15(5-2,6-3)14(19)20/h11-12,16H,4-10H2,1-3H3,(H,17,18)(H,19,20). The number of carbonyl (C=O) groups excluding carboxylic acids is 1. The van der Waals surface area contributed by atoms with E-state index in [1.54, 1.807) is 0 Å². The third-order valence-electron chi connectivity index (χ3n) is 4.81. The Kier molecular flexibility index (Phi) is 6.46. The van der Waals surface area contributed by atoms with Crippen LogP contribution in [0.1, 0.15) is 52.9 Å². The first-order valence-electron chi connectivity index (χ1n) is 7.73. The SMILES string of the molecule is CCC1CCNC(C(=O)NCC(CC)(CC)C(=O)O)C1. The highest BCUT2D eigenvalue weighted by Gasteiger charge is 2.36. The number of amides is 1. The molecular weight excluding hydrogens is 256 g/mol. The van der Waals surface area contributed by atoms with Gasteiger partial charge >= 0.3 is 5.97 Å². The van der Waals surface area contributed by atoms with Crippen molar-refractivity contribution < 1.29 is 14.7 Å². The number of piperidine rings is 1. The van der Waals surface area contributed by atoms with Crippen molar-refractivity contribution in [3.05, 3.63) is 0 Å². The molecular formula is C15H28N2O3.